The first-order valence-corrected chi connectivity index (χ1v) is 7.14. The molecule has 1 aliphatic heterocycles. The second-order valence-electron chi connectivity index (χ2n) is 5.48. The second-order valence-corrected chi connectivity index (χ2v) is 5.48. The SMILES string of the molecule is CC(C)NCc1ccc(C(F)(F)F)cc1N1CCOCC1. The number of nitrogens with zero attached hydrogens (tertiary/aromatic N) is 1. The van der Waals surface area contributed by atoms with Gasteiger partial charge < -0.3 is 15.0 Å². The number of morpholine rings is 1. The number of ether oxygens (including phenoxy) is 1. The molecular weight excluding hydrogens is 281 g/mol. The number of alkyl halides is 3. The average molecular weight is 302 g/mol. The van der Waals surface area contributed by atoms with Crippen molar-refractivity contribution in [3.05, 3.63) is 29.3 Å². The van der Waals surface area contributed by atoms with Crippen molar-refractivity contribution in [3.8, 4) is 0 Å². The van der Waals surface area contributed by atoms with Crippen LogP contribution in [0, 0.1) is 0 Å². The third kappa shape index (κ3) is 4.35. The highest BCUT2D eigenvalue weighted by Crippen LogP contribution is 2.33. The van der Waals surface area contributed by atoms with Crippen LogP contribution in [0.2, 0.25) is 0 Å². The Morgan fingerprint density at radius 2 is 1.90 bits per heavy atom. The summed E-state index contributed by atoms with van der Waals surface area (Å²) in [7, 11) is 0. The van der Waals surface area contributed by atoms with Gasteiger partial charge in [0.15, 0.2) is 0 Å². The molecule has 0 aromatic heterocycles. The number of anilines is 1. The van der Waals surface area contributed by atoms with Crippen LogP contribution < -0.4 is 10.2 Å². The van der Waals surface area contributed by atoms with Crippen LogP contribution in [0.1, 0.15) is 25.0 Å². The quantitative estimate of drug-likeness (QED) is 0.925. The maximum Gasteiger partial charge on any atom is 0.416 e. The van der Waals surface area contributed by atoms with Crippen molar-refractivity contribution in [1.29, 1.82) is 0 Å². The van der Waals surface area contributed by atoms with E-state index in [-0.39, 0.29) is 6.04 Å². The molecule has 0 radical (unpaired) electrons. The van der Waals surface area contributed by atoms with E-state index in [9.17, 15) is 13.2 Å². The zero-order valence-corrected chi connectivity index (χ0v) is 12.3. The fourth-order valence-corrected chi connectivity index (χ4v) is 2.30. The Balaban J connectivity index is 2.30. The monoisotopic (exact) mass is 302 g/mol. The van der Waals surface area contributed by atoms with Crippen molar-refractivity contribution in [1.82, 2.24) is 5.32 Å². The first-order valence-electron chi connectivity index (χ1n) is 7.14. The van der Waals surface area contributed by atoms with E-state index in [4.69, 9.17) is 4.74 Å². The molecule has 118 valence electrons. The Morgan fingerprint density at radius 3 is 2.48 bits per heavy atom. The van der Waals surface area contributed by atoms with Crippen molar-refractivity contribution in [2.24, 2.45) is 0 Å². The van der Waals surface area contributed by atoms with Crippen LogP contribution in [0.25, 0.3) is 0 Å². The number of rotatable bonds is 4. The lowest BCUT2D eigenvalue weighted by Gasteiger charge is -2.31. The summed E-state index contributed by atoms with van der Waals surface area (Å²) < 4.78 is 44.0. The number of benzene rings is 1. The highest BCUT2D eigenvalue weighted by molar-refractivity contribution is 5.56. The van der Waals surface area contributed by atoms with Crippen LogP contribution in [-0.2, 0) is 17.5 Å². The molecule has 1 saturated heterocycles. The first kappa shape index (κ1) is 16.1. The van der Waals surface area contributed by atoms with Crippen LogP contribution >= 0.6 is 0 Å². The largest absolute Gasteiger partial charge is 0.416 e. The fourth-order valence-electron chi connectivity index (χ4n) is 2.30. The van der Waals surface area contributed by atoms with Crippen LogP contribution in [0.5, 0.6) is 0 Å². The Labute approximate surface area is 123 Å². The average Bonchev–Trinajstić information content (AvgIpc) is 2.45. The molecule has 1 aromatic rings. The van der Waals surface area contributed by atoms with E-state index in [0.29, 0.717) is 38.5 Å². The van der Waals surface area contributed by atoms with Crippen molar-refractivity contribution in [3.63, 3.8) is 0 Å². The number of halogens is 3. The topological polar surface area (TPSA) is 24.5 Å². The third-order valence-electron chi connectivity index (χ3n) is 3.47. The van der Waals surface area contributed by atoms with Crippen LogP contribution in [0.4, 0.5) is 18.9 Å². The zero-order valence-electron chi connectivity index (χ0n) is 12.3. The van der Waals surface area contributed by atoms with Crippen molar-refractivity contribution < 1.29 is 17.9 Å². The minimum Gasteiger partial charge on any atom is -0.378 e. The number of hydrogen-bond donors (Lipinski definition) is 1. The third-order valence-corrected chi connectivity index (χ3v) is 3.47. The molecule has 0 amide bonds. The molecule has 1 aliphatic rings. The predicted octanol–water partition coefficient (Wildman–Crippen LogP) is 3.04. The molecular formula is C15H21F3N2O. The summed E-state index contributed by atoms with van der Waals surface area (Å²) in [4.78, 5) is 1.97. The lowest BCUT2D eigenvalue weighted by atomic mass is 10.1. The van der Waals surface area contributed by atoms with Gasteiger partial charge in [0.1, 0.15) is 0 Å². The van der Waals surface area contributed by atoms with E-state index in [1.807, 2.05) is 18.7 Å². The van der Waals surface area contributed by atoms with E-state index < -0.39 is 11.7 Å². The van der Waals surface area contributed by atoms with E-state index in [2.05, 4.69) is 5.32 Å². The standard InChI is InChI=1S/C15H21F3N2O/c1-11(2)19-10-12-3-4-13(15(16,17)18)9-14(12)20-5-7-21-8-6-20/h3-4,9,11,19H,5-8,10H2,1-2H3. The molecule has 1 fully saturated rings. The highest BCUT2D eigenvalue weighted by Gasteiger charge is 2.31. The van der Waals surface area contributed by atoms with Crippen LogP contribution in [0.3, 0.4) is 0 Å². The molecule has 0 atom stereocenters. The summed E-state index contributed by atoms with van der Waals surface area (Å²) in [5, 5.41) is 3.26. The Bertz CT molecular complexity index is 468. The molecule has 3 nitrogen and oxygen atoms in total. The van der Waals surface area contributed by atoms with E-state index in [1.54, 1.807) is 6.07 Å². The fraction of sp³-hybridized carbons (Fsp3) is 0.600. The molecule has 2 rings (SSSR count). The molecule has 0 bridgehead atoms. The predicted molar refractivity (Wildman–Crippen MR) is 76.5 cm³/mol. The van der Waals surface area contributed by atoms with Gasteiger partial charge in [0.05, 0.1) is 18.8 Å². The van der Waals surface area contributed by atoms with Crippen LogP contribution in [-0.4, -0.2) is 32.3 Å². The lowest BCUT2D eigenvalue weighted by molar-refractivity contribution is -0.137. The van der Waals surface area contributed by atoms with Gasteiger partial charge in [-0.15, -0.1) is 0 Å². The summed E-state index contributed by atoms with van der Waals surface area (Å²) in [6, 6.07) is 4.26. The molecule has 0 saturated carbocycles. The Kier molecular flexibility index (Phi) is 5.11. The minimum atomic E-state index is -4.31. The van der Waals surface area contributed by atoms with Gasteiger partial charge in [0, 0.05) is 31.4 Å². The zero-order chi connectivity index (χ0) is 15.5. The summed E-state index contributed by atoms with van der Waals surface area (Å²) in [5.41, 5.74) is 0.942. The van der Waals surface area contributed by atoms with Gasteiger partial charge in [0.25, 0.3) is 0 Å². The highest BCUT2D eigenvalue weighted by atomic mass is 19.4. The Morgan fingerprint density at radius 1 is 1.24 bits per heavy atom. The summed E-state index contributed by atoms with van der Waals surface area (Å²) >= 11 is 0. The van der Waals surface area contributed by atoms with E-state index in [1.165, 1.54) is 6.07 Å². The molecule has 1 N–H and O–H groups in total. The minimum absolute atomic E-state index is 0.282. The molecule has 1 aromatic carbocycles. The summed E-state index contributed by atoms with van der Waals surface area (Å²) in [5.74, 6) is 0. The maximum atomic E-state index is 12.9. The van der Waals surface area contributed by atoms with Gasteiger partial charge in [0.2, 0.25) is 0 Å². The van der Waals surface area contributed by atoms with E-state index >= 15 is 0 Å². The van der Waals surface area contributed by atoms with Gasteiger partial charge in [-0.3, -0.25) is 0 Å². The van der Waals surface area contributed by atoms with Gasteiger partial charge in [-0.25, -0.2) is 0 Å². The maximum absolute atomic E-state index is 12.9. The molecule has 6 heteroatoms. The van der Waals surface area contributed by atoms with Crippen LogP contribution in [0.15, 0.2) is 18.2 Å². The summed E-state index contributed by atoms with van der Waals surface area (Å²) in [6.07, 6.45) is -4.31. The smallest absolute Gasteiger partial charge is 0.378 e. The molecule has 0 unspecified atom stereocenters. The van der Waals surface area contributed by atoms with Gasteiger partial charge in [-0.1, -0.05) is 19.9 Å². The number of hydrogen-bond acceptors (Lipinski definition) is 3. The number of nitrogens with one attached hydrogen (secondary N) is 1. The van der Waals surface area contributed by atoms with Gasteiger partial charge >= 0.3 is 6.18 Å². The van der Waals surface area contributed by atoms with Gasteiger partial charge in [-0.05, 0) is 17.7 Å². The van der Waals surface area contributed by atoms with Crippen molar-refractivity contribution >= 4 is 5.69 Å². The second kappa shape index (κ2) is 6.66. The molecule has 21 heavy (non-hydrogen) atoms. The summed E-state index contributed by atoms with van der Waals surface area (Å²) in [6.45, 7) is 6.92. The molecule has 1 heterocycles. The molecule has 0 aliphatic carbocycles. The Hall–Kier alpha value is -1.27. The van der Waals surface area contributed by atoms with Crippen molar-refractivity contribution in [2.45, 2.75) is 32.6 Å². The van der Waals surface area contributed by atoms with E-state index in [0.717, 1.165) is 11.6 Å². The van der Waals surface area contributed by atoms with Gasteiger partial charge in [-0.2, -0.15) is 13.2 Å². The van der Waals surface area contributed by atoms with Crippen molar-refractivity contribution in [2.75, 3.05) is 31.2 Å². The molecule has 0 spiro atoms. The lowest BCUT2D eigenvalue weighted by Crippen LogP contribution is -2.37. The first-order chi connectivity index (χ1) is 9.88. The normalized spacial score (nSPS) is 16.6.